The molecule has 1 atom stereocenters. The minimum absolute atomic E-state index is 0.122. The van der Waals surface area contributed by atoms with E-state index in [9.17, 15) is 4.39 Å². The van der Waals surface area contributed by atoms with Crippen molar-refractivity contribution >= 4 is 23.1 Å². The van der Waals surface area contributed by atoms with E-state index in [1.807, 2.05) is 0 Å². The lowest BCUT2D eigenvalue weighted by molar-refractivity contribution is 0.623. The van der Waals surface area contributed by atoms with Gasteiger partial charge in [0.2, 0.25) is 0 Å². The van der Waals surface area contributed by atoms with Crippen LogP contribution in [0.1, 0.15) is 16.5 Å². The Morgan fingerprint density at radius 2 is 2.31 bits per heavy atom. The van der Waals surface area contributed by atoms with Gasteiger partial charge in [-0.2, -0.15) is 0 Å². The number of hydrogen-bond donors (Lipinski definition) is 1. The molecule has 0 aliphatic rings. The average Bonchev–Trinajstić information content (AvgIpc) is 2.77. The predicted molar refractivity (Wildman–Crippen MR) is 62.0 cm³/mol. The molecule has 0 saturated heterocycles. The highest BCUT2D eigenvalue weighted by Gasteiger charge is 2.10. The second kappa shape index (κ2) is 4.86. The average molecular weight is 258 g/mol. The van der Waals surface area contributed by atoms with Crippen molar-refractivity contribution in [1.82, 2.24) is 9.59 Å². The van der Waals surface area contributed by atoms with Gasteiger partial charge in [0.25, 0.3) is 0 Å². The van der Waals surface area contributed by atoms with Crippen LogP contribution in [-0.2, 0) is 6.42 Å². The highest BCUT2D eigenvalue weighted by Crippen LogP contribution is 2.21. The second-order valence-corrected chi connectivity index (χ2v) is 4.60. The Morgan fingerprint density at radius 3 is 2.94 bits per heavy atom. The second-order valence-electron chi connectivity index (χ2n) is 3.38. The molecule has 0 spiro atoms. The van der Waals surface area contributed by atoms with Crippen molar-refractivity contribution in [2.24, 2.45) is 5.73 Å². The van der Waals surface area contributed by atoms with Gasteiger partial charge in [-0.25, -0.2) is 4.39 Å². The van der Waals surface area contributed by atoms with Crippen molar-refractivity contribution in [3.05, 3.63) is 45.7 Å². The lowest BCUT2D eigenvalue weighted by Gasteiger charge is -2.08. The summed E-state index contributed by atoms with van der Waals surface area (Å²) in [7, 11) is 0. The predicted octanol–water partition coefficient (Wildman–Crippen LogP) is 2.57. The van der Waals surface area contributed by atoms with Gasteiger partial charge in [0.15, 0.2) is 0 Å². The fourth-order valence-corrected chi connectivity index (χ4v) is 1.98. The summed E-state index contributed by atoms with van der Waals surface area (Å²) >= 11 is 6.84. The molecule has 0 bridgehead atoms. The number of nitrogens with zero attached hydrogens (tertiary/aromatic N) is 2. The van der Waals surface area contributed by atoms with Crippen LogP contribution in [0.4, 0.5) is 4.39 Å². The lowest BCUT2D eigenvalue weighted by Crippen LogP contribution is -2.11. The van der Waals surface area contributed by atoms with E-state index in [4.69, 9.17) is 17.3 Å². The molecule has 84 valence electrons. The summed E-state index contributed by atoms with van der Waals surface area (Å²) in [4.78, 5) is 0.885. The summed E-state index contributed by atoms with van der Waals surface area (Å²) in [5, 5.41) is 3.83. The van der Waals surface area contributed by atoms with E-state index in [0.717, 1.165) is 10.4 Å². The molecule has 0 aliphatic carbocycles. The van der Waals surface area contributed by atoms with Crippen LogP contribution in [-0.4, -0.2) is 9.59 Å². The molecule has 6 heteroatoms. The topological polar surface area (TPSA) is 51.8 Å². The molecular weight excluding hydrogens is 249 g/mol. The molecule has 2 N–H and O–H groups in total. The number of halogens is 2. The van der Waals surface area contributed by atoms with Crippen LogP contribution < -0.4 is 5.73 Å². The Hall–Kier alpha value is -1.04. The minimum atomic E-state index is -0.422. The van der Waals surface area contributed by atoms with Gasteiger partial charge in [-0.15, -0.1) is 5.10 Å². The van der Waals surface area contributed by atoms with Crippen molar-refractivity contribution in [1.29, 1.82) is 0 Å². The number of benzene rings is 1. The Labute approximate surface area is 101 Å². The number of nitrogens with two attached hydrogens (primary N) is 1. The number of rotatable bonds is 3. The maximum absolute atomic E-state index is 13.2. The smallest absolute Gasteiger partial charge is 0.142 e. The molecule has 2 rings (SSSR count). The highest BCUT2D eigenvalue weighted by atomic mass is 35.5. The molecule has 0 fully saturated rings. The largest absolute Gasteiger partial charge is 0.323 e. The fourth-order valence-electron chi connectivity index (χ4n) is 1.36. The Bertz CT molecular complexity index is 475. The van der Waals surface area contributed by atoms with Gasteiger partial charge in [0.05, 0.1) is 16.1 Å². The van der Waals surface area contributed by atoms with E-state index in [0.29, 0.717) is 6.42 Å². The monoisotopic (exact) mass is 257 g/mol. The zero-order chi connectivity index (χ0) is 11.5. The van der Waals surface area contributed by atoms with Crippen LogP contribution in [0.5, 0.6) is 0 Å². The summed E-state index contributed by atoms with van der Waals surface area (Å²) in [5.41, 5.74) is 6.74. The highest BCUT2D eigenvalue weighted by molar-refractivity contribution is 7.05. The third-order valence-corrected chi connectivity index (χ3v) is 3.28. The molecule has 1 aromatic carbocycles. The Morgan fingerprint density at radius 1 is 1.50 bits per heavy atom. The van der Waals surface area contributed by atoms with Crippen LogP contribution in [0.25, 0.3) is 0 Å². The molecule has 0 saturated carbocycles. The van der Waals surface area contributed by atoms with Crippen LogP contribution in [0.15, 0.2) is 24.4 Å². The minimum Gasteiger partial charge on any atom is -0.323 e. The first-order valence-electron chi connectivity index (χ1n) is 4.63. The zero-order valence-electron chi connectivity index (χ0n) is 8.23. The third kappa shape index (κ3) is 2.55. The molecule has 0 radical (unpaired) electrons. The van der Waals surface area contributed by atoms with Crippen molar-refractivity contribution < 1.29 is 4.39 Å². The standard InChI is InChI=1S/C10H9ClFN3S/c11-7-2-1-6(3-8(7)12)4-9(13)10-5-14-15-16-10/h1-3,5,9H,4,13H2. The van der Waals surface area contributed by atoms with E-state index in [-0.39, 0.29) is 11.1 Å². The van der Waals surface area contributed by atoms with E-state index < -0.39 is 5.82 Å². The van der Waals surface area contributed by atoms with Gasteiger partial charge < -0.3 is 5.73 Å². The van der Waals surface area contributed by atoms with Crippen molar-refractivity contribution in [3.63, 3.8) is 0 Å². The van der Waals surface area contributed by atoms with E-state index in [1.165, 1.54) is 23.7 Å². The van der Waals surface area contributed by atoms with Crippen molar-refractivity contribution in [3.8, 4) is 0 Å². The first-order valence-corrected chi connectivity index (χ1v) is 5.78. The maximum Gasteiger partial charge on any atom is 0.142 e. The first kappa shape index (κ1) is 11.4. The maximum atomic E-state index is 13.2. The molecule has 16 heavy (non-hydrogen) atoms. The van der Waals surface area contributed by atoms with Gasteiger partial charge in [0.1, 0.15) is 5.82 Å². The van der Waals surface area contributed by atoms with Crippen molar-refractivity contribution in [2.75, 3.05) is 0 Å². The summed E-state index contributed by atoms with van der Waals surface area (Å²) in [5.74, 6) is -0.422. The van der Waals surface area contributed by atoms with E-state index in [2.05, 4.69) is 9.59 Å². The summed E-state index contributed by atoms with van der Waals surface area (Å²) < 4.78 is 16.9. The quantitative estimate of drug-likeness (QED) is 0.920. The summed E-state index contributed by atoms with van der Waals surface area (Å²) in [6.07, 6.45) is 2.17. The van der Waals surface area contributed by atoms with E-state index in [1.54, 1.807) is 12.3 Å². The molecule has 1 unspecified atom stereocenters. The molecule has 1 aromatic heterocycles. The van der Waals surface area contributed by atoms with Crippen LogP contribution in [0.3, 0.4) is 0 Å². The van der Waals surface area contributed by atoms with Crippen molar-refractivity contribution in [2.45, 2.75) is 12.5 Å². The molecule has 3 nitrogen and oxygen atoms in total. The van der Waals surface area contributed by atoms with Crippen LogP contribution in [0, 0.1) is 5.82 Å². The number of aromatic nitrogens is 2. The third-order valence-electron chi connectivity index (χ3n) is 2.18. The molecule has 0 aliphatic heterocycles. The molecule has 2 aromatic rings. The Balaban J connectivity index is 2.12. The van der Waals surface area contributed by atoms with E-state index >= 15 is 0 Å². The normalized spacial score (nSPS) is 12.7. The summed E-state index contributed by atoms with van der Waals surface area (Å²) in [6, 6.07) is 4.49. The number of hydrogen-bond acceptors (Lipinski definition) is 4. The Kier molecular flexibility index (Phi) is 3.48. The van der Waals surface area contributed by atoms with Gasteiger partial charge >= 0.3 is 0 Å². The van der Waals surface area contributed by atoms with Gasteiger partial charge in [-0.05, 0) is 35.6 Å². The van der Waals surface area contributed by atoms with Gasteiger partial charge in [-0.1, -0.05) is 22.2 Å². The van der Waals surface area contributed by atoms with Gasteiger partial charge in [0, 0.05) is 6.04 Å². The zero-order valence-corrected chi connectivity index (χ0v) is 9.80. The fraction of sp³-hybridized carbons (Fsp3) is 0.200. The molecule has 0 amide bonds. The van der Waals surface area contributed by atoms with Crippen LogP contribution in [0.2, 0.25) is 5.02 Å². The molecule has 1 heterocycles. The lowest BCUT2D eigenvalue weighted by atomic mass is 10.1. The molecular formula is C10H9ClFN3S. The SMILES string of the molecule is NC(Cc1ccc(Cl)c(F)c1)c1cnns1. The van der Waals surface area contributed by atoms with Gasteiger partial charge in [-0.3, -0.25) is 0 Å². The summed E-state index contributed by atoms with van der Waals surface area (Å²) in [6.45, 7) is 0. The first-order chi connectivity index (χ1) is 7.66. The van der Waals surface area contributed by atoms with Crippen LogP contribution >= 0.6 is 23.1 Å².